The van der Waals surface area contributed by atoms with Crippen LogP contribution in [0.15, 0.2) is 97.1 Å². The second kappa shape index (κ2) is 35.1. The Hall–Kier alpha value is -5.89. The summed E-state index contributed by atoms with van der Waals surface area (Å²) in [7, 11) is 8.18. The second-order valence-electron chi connectivity index (χ2n) is 19.6. The van der Waals surface area contributed by atoms with Gasteiger partial charge in [0.05, 0.1) is 22.1 Å². The third-order valence-corrected chi connectivity index (χ3v) is 14.1. The van der Waals surface area contributed by atoms with Gasteiger partial charge in [-0.05, 0) is 132 Å². The summed E-state index contributed by atoms with van der Waals surface area (Å²) in [6, 6.07) is 33.4. The third-order valence-electron chi connectivity index (χ3n) is 14.1. The van der Waals surface area contributed by atoms with Gasteiger partial charge in [0.15, 0.2) is 0 Å². The largest absolute Gasteiger partial charge is 1.00 e. The van der Waals surface area contributed by atoms with Crippen molar-refractivity contribution in [3.8, 4) is 11.4 Å². The summed E-state index contributed by atoms with van der Waals surface area (Å²) < 4.78 is 7.88. The van der Waals surface area contributed by atoms with Crippen LogP contribution in [0.25, 0.3) is 33.4 Å². The molecule has 4 aliphatic rings. The number of halogens is 1. The molecule has 0 spiro atoms. The number of imidazole rings is 2. The van der Waals surface area contributed by atoms with Gasteiger partial charge in [0, 0.05) is 108 Å². The summed E-state index contributed by atoms with van der Waals surface area (Å²) in [6.45, 7) is 11.5. The Balaban J connectivity index is 0.000000397. The first-order valence-corrected chi connectivity index (χ1v) is 26.4. The Kier molecular flexibility index (Phi) is 30.8. The van der Waals surface area contributed by atoms with Crippen LogP contribution in [0.1, 0.15) is 145 Å². The van der Waals surface area contributed by atoms with E-state index in [-0.39, 0.29) is 74.7 Å². The van der Waals surface area contributed by atoms with E-state index < -0.39 is 17.9 Å². The van der Waals surface area contributed by atoms with Gasteiger partial charge in [0.1, 0.15) is 17.4 Å². The Morgan fingerprint density at radius 3 is 1.41 bits per heavy atom. The molecule has 2 amide bonds. The van der Waals surface area contributed by atoms with Crippen molar-refractivity contribution in [2.45, 2.75) is 145 Å². The molecule has 2 aromatic heterocycles. The van der Waals surface area contributed by atoms with Gasteiger partial charge in [-0.1, -0.05) is 64.8 Å². The van der Waals surface area contributed by atoms with Crippen molar-refractivity contribution in [2.75, 3.05) is 40.3 Å². The van der Waals surface area contributed by atoms with Crippen molar-refractivity contribution in [3.05, 3.63) is 120 Å². The number of fused-ring (bicyclic) bond motifs is 2. The van der Waals surface area contributed by atoms with E-state index in [1.807, 2.05) is 123 Å². The van der Waals surface area contributed by atoms with E-state index in [0.717, 1.165) is 141 Å². The van der Waals surface area contributed by atoms with Gasteiger partial charge in [0.2, 0.25) is 5.97 Å². The molecule has 2 aliphatic heterocycles. The van der Waals surface area contributed by atoms with Crippen LogP contribution in [0, 0.1) is 13.8 Å². The summed E-state index contributed by atoms with van der Waals surface area (Å²) >= 11 is 0. The van der Waals surface area contributed by atoms with Crippen molar-refractivity contribution >= 4 is 78.0 Å². The van der Waals surface area contributed by atoms with E-state index in [4.69, 9.17) is 0 Å². The number of Topliss-reactive ketones (excluding diaryl/α,β-unsaturated/α-hetero) is 1. The Bertz CT molecular complexity index is 2890. The van der Waals surface area contributed by atoms with Gasteiger partial charge in [-0.3, -0.25) is 33.2 Å². The second-order valence-corrected chi connectivity index (χ2v) is 19.6. The molecule has 6 aromatic rings. The number of aryl methyl sites for hydroxylation is 2. The molecular formula is C60H82BClN8NaO9. The molecule has 4 heterocycles. The number of aromatic nitrogens is 4. The third kappa shape index (κ3) is 20.0. The van der Waals surface area contributed by atoms with Gasteiger partial charge in [-0.15, -0.1) is 12.4 Å². The predicted octanol–water partition coefficient (Wildman–Crippen LogP) is 7.46. The predicted molar refractivity (Wildman–Crippen MR) is 314 cm³/mol. The van der Waals surface area contributed by atoms with Crippen molar-refractivity contribution in [3.63, 3.8) is 0 Å². The number of hydrogen-bond acceptors (Lipinski definition) is 13. The fourth-order valence-corrected chi connectivity index (χ4v) is 10.1. The summed E-state index contributed by atoms with van der Waals surface area (Å²) in [6.07, 6.45) is 14.1. The Morgan fingerprint density at radius 2 is 1.02 bits per heavy atom. The molecule has 2 aliphatic carbocycles. The van der Waals surface area contributed by atoms with Crippen LogP contribution in [0.4, 0.5) is 0 Å². The fraction of sp³-hybridized carbons (Fsp3) is 0.467. The van der Waals surface area contributed by atoms with Gasteiger partial charge >= 0.3 is 41.5 Å². The van der Waals surface area contributed by atoms with Gasteiger partial charge < -0.3 is 27.8 Å². The molecule has 2 saturated carbocycles. The quantitative estimate of drug-likeness (QED) is 0.0944. The van der Waals surface area contributed by atoms with Crippen LogP contribution < -0.4 is 34.9 Å². The molecule has 20 heteroatoms. The average molecular weight is 1130 g/mol. The summed E-state index contributed by atoms with van der Waals surface area (Å²) in [5.41, 5.74) is 7.67. The zero-order chi connectivity index (χ0) is 54.7. The van der Waals surface area contributed by atoms with E-state index in [2.05, 4.69) is 63.9 Å². The number of nitrogens with one attached hydrogen (secondary N) is 1. The van der Waals surface area contributed by atoms with Crippen LogP contribution in [0.5, 0.6) is 0 Å². The smallest absolute Gasteiger partial charge is 0.793 e. The molecule has 0 bridgehead atoms. The van der Waals surface area contributed by atoms with E-state index >= 15 is 0 Å². The number of benzene rings is 4. The minimum atomic E-state index is -0.639. The molecule has 427 valence electrons. The minimum absolute atomic E-state index is 0. The monoisotopic (exact) mass is 1130 g/mol. The van der Waals surface area contributed by atoms with Crippen LogP contribution in [0.3, 0.4) is 0 Å². The van der Waals surface area contributed by atoms with E-state index in [1.165, 1.54) is 45.4 Å². The van der Waals surface area contributed by atoms with E-state index in [9.17, 15) is 28.8 Å². The first-order valence-electron chi connectivity index (χ1n) is 26.4. The topological polar surface area (TPSA) is 187 Å². The molecule has 2 atom stereocenters. The van der Waals surface area contributed by atoms with Gasteiger partial charge in [0.25, 0.3) is 11.8 Å². The fourth-order valence-electron chi connectivity index (χ4n) is 10.1. The van der Waals surface area contributed by atoms with Crippen LogP contribution in [-0.2, 0) is 33.6 Å². The van der Waals surface area contributed by atoms with Crippen LogP contribution in [-0.4, -0.2) is 136 Å². The molecule has 4 fully saturated rings. The first-order chi connectivity index (χ1) is 36.6. The number of amides is 2. The number of hydrogen-bond donors (Lipinski definition) is 1. The average Bonchev–Trinajstić information content (AvgIpc) is 4.28. The molecule has 17 nitrogen and oxygen atoms in total. The maximum atomic E-state index is 13.2. The number of ketones is 1. The Labute approximate surface area is 502 Å². The number of likely N-dealkylation sites (tertiary alicyclic amines) is 1. The van der Waals surface area contributed by atoms with Crippen molar-refractivity contribution in [2.24, 2.45) is 0 Å². The zero-order valence-corrected chi connectivity index (χ0v) is 49.4. The molecule has 2 unspecified atom stereocenters. The van der Waals surface area contributed by atoms with Crippen molar-refractivity contribution in [1.29, 1.82) is 0 Å². The normalized spacial score (nSPS) is 16.4. The number of para-hydroxylation sites is 4. The zero-order valence-electron chi connectivity index (χ0n) is 46.6. The summed E-state index contributed by atoms with van der Waals surface area (Å²) in [5.74, 6) is 0.805. The number of carbonyl (C=O) groups is 6. The number of carbonyl (C=O) groups excluding carboxylic acids is 6. The number of likely N-dealkylation sites (N-methyl/N-ethyl adjacent to an activating group) is 2. The SMILES string of the molecule is C.C.CC(=O)OOC(C)=O.Cc1nc2ccccc2n1-c1ccc(C(=O)N(C)C2CCN(C3CCCCC3)C2)cc1.Cc1nc2ccccc2n1-c1ccc(C(=O)N(C)C2CCNC2)cc1.Cl.O=C1CCCCC1.[B-]OC(C)=O.[Na+]. The summed E-state index contributed by atoms with van der Waals surface area (Å²) in [4.78, 5) is 88.8. The number of nitrogens with zero attached hydrogens (tertiary/aromatic N) is 7. The van der Waals surface area contributed by atoms with Crippen LogP contribution >= 0.6 is 12.4 Å². The standard InChI is InChI=1S/C26H32N4O.C20H22N4O.C6H10O.C4H6O4.C2H3BO2.2CH4.ClH.Na/c1-19-27-24-10-6-7-11-25(24)30(19)22-14-12-20(13-15-22)26(31)28(2)23-16-17-29(18-23)21-8-4-3-5-9-21;1-14-22-18-5-3-4-6-19(18)24(14)16-9-7-15(8-10-16)20(25)23(2)17-11-12-21-13-17;7-6-4-2-1-3-5-6;1-3(5)7-8-4(2)6;1-2(4)5-3;;;;/h6-7,10-15,21,23H,3-5,8-9,16-18H2,1-2H3;3-10,17,21H,11-13H2,1-2H3;1-5H2;1-2H3;1H3;2*1H4;1H;/q;;;;-1;;;;+1. The van der Waals surface area contributed by atoms with Crippen molar-refractivity contribution in [1.82, 2.24) is 39.1 Å². The van der Waals surface area contributed by atoms with E-state index in [1.54, 1.807) is 0 Å². The molecule has 3 radical (unpaired) electrons. The molecule has 10 rings (SSSR count). The summed E-state index contributed by atoms with van der Waals surface area (Å²) in [5, 5.41) is 3.31. The molecule has 2 saturated heterocycles. The van der Waals surface area contributed by atoms with Crippen LogP contribution in [0.2, 0.25) is 0 Å². The van der Waals surface area contributed by atoms with Crippen molar-refractivity contribution < 1.29 is 72.8 Å². The molecule has 80 heavy (non-hydrogen) atoms. The van der Waals surface area contributed by atoms with E-state index in [0.29, 0.717) is 11.8 Å². The van der Waals surface area contributed by atoms with Gasteiger partial charge in [-0.25, -0.2) is 29.3 Å². The maximum absolute atomic E-state index is 13.2. The maximum Gasteiger partial charge on any atom is 1.00 e. The minimum Gasteiger partial charge on any atom is -0.793 e. The molecule has 4 aromatic carbocycles. The van der Waals surface area contributed by atoms with Gasteiger partial charge in [-0.2, -0.15) is 0 Å². The number of rotatable bonds is 7. The molecular weight excluding hydrogens is 1050 g/mol. The first kappa shape index (κ1) is 70.2. The Morgan fingerprint density at radius 1 is 0.600 bits per heavy atom. The molecule has 1 N–H and O–H groups in total.